The first-order valence-electron chi connectivity index (χ1n) is 10.7. The number of nitrogen functional groups attached to an aromatic ring is 1. The first-order valence-corrected chi connectivity index (χ1v) is 10.7. The van der Waals surface area contributed by atoms with Gasteiger partial charge in [-0.05, 0) is 65.0 Å². The topological polar surface area (TPSA) is 82.6 Å². The Balaban J connectivity index is 1.69. The molecule has 2 N–H and O–H groups in total. The van der Waals surface area contributed by atoms with Crippen LogP contribution in [0, 0.1) is 12.8 Å². The zero-order chi connectivity index (χ0) is 21.9. The Hall–Kier alpha value is -2.70. The van der Waals surface area contributed by atoms with Crippen LogP contribution < -0.4 is 15.4 Å². The summed E-state index contributed by atoms with van der Waals surface area (Å²) in [4.78, 5) is 14.4. The average molecular weight is 415 g/mol. The number of esters is 1. The molecule has 2 aromatic rings. The second-order valence-corrected chi connectivity index (χ2v) is 9.10. The lowest BCUT2D eigenvalue weighted by Crippen LogP contribution is -2.36. The maximum absolute atomic E-state index is 12.1. The van der Waals surface area contributed by atoms with Gasteiger partial charge in [-0.15, -0.1) is 0 Å². The summed E-state index contributed by atoms with van der Waals surface area (Å²) in [6.07, 6.45) is 5.18. The molecule has 1 aliphatic rings. The Labute approximate surface area is 179 Å². The highest BCUT2D eigenvalue weighted by molar-refractivity contribution is 5.75. The van der Waals surface area contributed by atoms with Crippen LogP contribution in [0.25, 0.3) is 0 Å². The van der Waals surface area contributed by atoms with Gasteiger partial charge in [-0.25, -0.2) is 4.68 Å². The Kier molecular flexibility index (Phi) is 6.58. The smallest absolute Gasteiger partial charge is 0.306 e. The fourth-order valence-electron chi connectivity index (χ4n) is 4.03. The number of carbonyl (C=O) groups excluding carboxylic acids is 1. The summed E-state index contributed by atoms with van der Waals surface area (Å²) in [7, 11) is 1.85. The van der Waals surface area contributed by atoms with Crippen molar-refractivity contribution in [2.24, 2.45) is 13.0 Å². The van der Waals surface area contributed by atoms with Gasteiger partial charge in [-0.1, -0.05) is 0 Å². The molecule has 1 aliphatic heterocycles. The van der Waals surface area contributed by atoms with Crippen molar-refractivity contribution in [2.45, 2.75) is 59.0 Å². The van der Waals surface area contributed by atoms with Gasteiger partial charge in [-0.3, -0.25) is 4.79 Å². The molecule has 0 unspecified atom stereocenters. The number of rotatable bonds is 6. The number of anilines is 2. The minimum absolute atomic E-state index is 0.123. The van der Waals surface area contributed by atoms with E-state index in [0.717, 1.165) is 55.0 Å². The Morgan fingerprint density at radius 1 is 1.30 bits per heavy atom. The highest BCUT2D eigenvalue weighted by atomic mass is 16.6. The van der Waals surface area contributed by atoms with E-state index in [2.05, 4.69) is 10.00 Å². The van der Waals surface area contributed by atoms with Crippen LogP contribution in [-0.4, -0.2) is 34.4 Å². The molecule has 2 heterocycles. The monoisotopic (exact) mass is 414 g/mol. The third kappa shape index (κ3) is 5.46. The van der Waals surface area contributed by atoms with Gasteiger partial charge in [0, 0.05) is 38.2 Å². The molecule has 0 bridgehead atoms. The summed E-state index contributed by atoms with van der Waals surface area (Å²) >= 11 is 0. The van der Waals surface area contributed by atoms with E-state index in [1.807, 2.05) is 52.9 Å². The first-order chi connectivity index (χ1) is 14.1. The summed E-state index contributed by atoms with van der Waals surface area (Å²) in [5, 5.41) is 4.16. The van der Waals surface area contributed by atoms with Gasteiger partial charge in [0.2, 0.25) is 5.88 Å². The zero-order valence-corrected chi connectivity index (χ0v) is 18.8. The largest absolute Gasteiger partial charge is 0.460 e. The molecule has 1 aromatic heterocycles. The first kappa shape index (κ1) is 22.0. The van der Waals surface area contributed by atoms with Crippen molar-refractivity contribution in [3.8, 4) is 11.6 Å². The molecule has 0 spiro atoms. The number of hydrogen-bond acceptors (Lipinski definition) is 6. The van der Waals surface area contributed by atoms with Gasteiger partial charge in [-0.2, -0.15) is 5.10 Å². The molecular weight excluding hydrogens is 380 g/mol. The predicted molar refractivity (Wildman–Crippen MR) is 119 cm³/mol. The fraction of sp³-hybridized carbons (Fsp3) is 0.565. The van der Waals surface area contributed by atoms with Crippen LogP contribution in [0.3, 0.4) is 0 Å². The van der Waals surface area contributed by atoms with Crippen LogP contribution in [0.15, 0.2) is 24.4 Å². The summed E-state index contributed by atoms with van der Waals surface area (Å²) < 4.78 is 13.2. The highest BCUT2D eigenvalue weighted by Crippen LogP contribution is 2.38. The summed E-state index contributed by atoms with van der Waals surface area (Å²) in [6.45, 7) is 9.58. The quantitative estimate of drug-likeness (QED) is 0.556. The molecule has 0 saturated carbocycles. The molecule has 30 heavy (non-hydrogen) atoms. The predicted octanol–water partition coefficient (Wildman–Crippen LogP) is 4.44. The molecule has 0 radical (unpaired) electrons. The van der Waals surface area contributed by atoms with Gasteiger partial charge >= 0.3 is 5.97 Å². The number of aryl methyl sites for hydroxylation is 1. The lowest BCUT2D eigenvalue weighted by molar-refractivity contribution is -0.155. The van der Waals surface area contributed by atoms with Gasteiger partial charge in [0.1, 0.15) is 11.4 Å². The number of hydrogen-bond donors (Lipinski definition) is 1. The van der Waals surface area contributed by atoms with Crippen LogP contribution >= 0.6 is 0 Å². The second kappa shape index (κ2) is 8.98. The summed E-state index contributed by atoms with van der Waals surface area (Å²) in [6, 6.07) is 5.65. The van der Waals surface area contributed by atoms with Crippen LogP contribution in [0.5, 0.6) is 11.6 Å². The average Bonchev–Trinajstić information content (AvgIpc) is 3.06. The number of nitrogens with two attached hydrogens (primary N) is 1. The molecule has 164 valence electrons. The minimum Gasteiger partial charge on any atom is -0.460 e. The van der Waals surface area contributed by atoms with E-state index in [0.29, 0.717) is 18.2 Å². The Morgan fingerprint density at radius 3 is 2.73 bits per heavy atom. The van der Waals surface area contributed by atoms with Gasteiger partial charge in [0.05, 0.1) is 17.6 Å². The van der Waals surface area contributed by atoms with Gasteiger partial charge in [0.25, 0.3) is 0 Å². The molecule has 7 nitrogen and oxygen atoms in total. The minimum atomic E-state index is -0.435. The summed E-state index contributed by atoms with van der Waals surface area (Å²) in [5.41, 5.74) is 8.73. The molecule has 0 aliphatic carbocycles. The van der Waals surface area contributed by atoms with Crippen LogP contribution in [-0.2, 0) is 16.6 Å². The van der Waals surface area contributed by atoms with E-state index in [-0.39, 0.29) is 5.97 Å². The van der Waals surface area contributed by atoms with Crippen LogP contribution in [0.4, 0.5) is 11.4 Å². The fourth-order valence-corrected chi connectivity index (χ4v) is 4.03. The third-order valence-electron chi connectivity index (χ3n) is 5.41. The van der Waals surface area contributed by atoms with E-state index >= 15 is 0 Å². The number of ether oxygens (including phenoxy) is 2. The van der Waals surface area contributed by atoms with E-state index in [9.17, 15) is 4.79 Å². The molecule has 1 aromatic carbocycles. The van der Waals surface area contributed by atoms with Crippen molar-refractivity contribution in [1.29, 1.82) is 0 Å². The van der Waals surface area contributed by atoms with E-state index < -0.39 is 5.60 Å². The van der Waals surface area contributed by atoms with Crippen LogP contribution in [0.1, 0.15) is 52.0 Å². The maximum Gasteiger partial charge on any atom is 0.306 e. The van der Waals surface area contributed by atoms with Crippen molar-refractivity contribution in [3.63, 3.8) is 0 Å². The lowest BCUT2D eigenvalue weighted by atomic mass is 9.92. The third-order valence-corrected chi connectivity index (χ3v) is 5.41. The van der Waals surface area contributed by atoms with Crippen molar-refractivity contribution < 1.29 is 14.3 Å². The van der Waals surface area contributed by atoms with Crippen molar-refractivity contribution in [3.05, 3.63) is 30.0 Å². The standard InChI is InChI=1S/C23H34N4O3/c1-16-19(29-20-12-13-25-26(20)5)10-9-18(24)22(16)27-14-6-7-17(15-27)8-11-21(28)30-23(2,3)4/h9-10,12-13,17H,6-8,11,14-15,24H2,1-5H3/t17-/m0/s1. The molecule has 1 atom stereocenters. The molecule has 1 fully saturated rings. The second-order valence-electron chi connectivity index (χ2n) is 9.10. The van der Waals surface area contributed by atoms with Gasteiger partial charge in [0.15, 0.2) is 0 Å². The zero-order valence-electron chi connectivity index (χ0n) is 18.8. The number of aromatic nitrogens is 2. The maximum atomic E-state index is 12.1. The number of piperidine rings is 1. The Morgan fingerprint density at radius 2 is 2.07 bits per heavy atom. The molecule has 7 heteroatoms. The van der Waals surface area contributed by atoms with Crippen LogP contribution in [0.2, 0.25) is 0 Å². The number of carbonyl (C=O) groups is 1. The molecule has 0 amide bonds. The lowest BCUT2D eigenvalue weighted by Gasteiger charge is -2.36. The van der Waals surface area contributed by atoms with Gasteiger partial charge < -0.3 is 20.1 Å². The van der Waals surface area contributed by atoms with Crippen molar-refractivity contribution >= 4 is 17.3 Å². The summed E-state index contributed by atoms with van der Waals surface area (Å²) in [5.74, 6) is 1.77. The SMILES string of the molecule is Cc1c(Oc2ccnn2C)ccc(N)c1N1CCC[C@@H](CCC(=O)OC(C)(C)C)C1. The number of nitrogens with zero attached hydrogens (tertiary/aromatic N) is 3. The normalized spacial score (nSPS) is 17.1. The van der Waals surface area contributed by atoms with E-state index in [1.54, 1.807) is 10.9 Å². The van der Waals surface area contributed by atoms with E-state index in [1.165, 1.54) is 0 Å². The van der Waals surface area contributed by atoms with Crippen molar-refractivity contribution in [1.82, 2.24) is 9.78 Å². The highest BCUT2D eigenvalue weighted by Gasteiger charge is 2.25. The van der Waals surface area contributed by atoms with Crippen molar-refractivity contribution in [2.75, 3.05) is 23.7 Å². The molecule has 1 saturated heterocycles. The number of benzene rings is 1. The molecule has 3 rings (SSSR count). The van der Waals surface area contributed by atoms with E-state index in [4.69, 9.17) is 15.2 Å². The molecular formula is C23H34N4O3. The Bertz CT molecular complexity index is 885.